The molecule has 6 heteroatoms. The van der Waals surface area contributed by atoms with E-state index in [4.69, 9.17) is 4.74 Å². The molecule has 1 aromatic heterocycles. The number of hydrogen-bond acceptors (Lipinski definition) is 3. The molecule has 4 rings (SSSR count). The predicted octanol–water partition coefficient (Wildman–Crippen LogP) is 4.88. The van der Waals surface area contributed by atoms with Crippen molar-refractivity contribution < 1.29 is 13.5 Å². The smallest absolute Gasteiger partial charge is 0.263 e. The van der Waals surface area contributed by atoms with E-state index >= 15 is 0 Å². The Bertz CT molecular complexity index is 1120. The Labute approximate surface area is 162 Å². The van der Waals surface area contributed by atoms with Gasteiger partial charge in [-0.05, 0) is 37.5 Å². The van der Waals surface area contributed by atoms with Crippen LogP contribution >= 0.6 is 0 Å². The number of benzene rings is 2. The fourth-order valence-corrected chi connectivity index (χ4v) is 3.99. The summed E-state index contributed by atoms with van der Waals surface area (Å²) in [6, 6.07) is 10.5. The van der Waals surface area contributed by atoms with Crippen LogP contribution in [0, 0.1) is 6.92 Å². The van der Waals surface area contributed by atoms with Gasteiger partial charge in [-0.2, -0.15) is 0 Å². The van der Waals surface area contributed by atoms with Crippen LogP contribution in [-0.4, -0.2) is 18.2 Å². The van der Waals surface area contributed by atoms with E-state index in [2.05, 4.69) is 4.90 Å². The van der Waals surface area contributed by atoms with Crippen molar-refractivity contribution in [3.8, 4) is 5.75 Å². The minimum absolute atomic E-state index is 0.0152. The van der Waals surface area contributed by atoms with Gasteiger partial charge in [0.2, 0.25) is 0 Å². The van der Waals surface area contributed by atoms with Gasteiger partial charge in [0.05, 0.1) is 18.3 Å². The van der Waals surface area contributed by atoms with E-state index in [-0.39, 0.29) is 11.1 Å². The largest absolute Gasteiger partial charge is 0.497 e. The zero-order valence-corrected chi connectivity index (χ0v) is 16.1. The summed E-state index contributed by atoms with van der Waals surface area (Å²) >= 11 is 0. The summed E-state index contributed by atoms with van der Waals surface area (Å²) in [6.45, 7) is 2.50. The molecule has 0 spiro atoms. The molecular weight excluding hydrogens is 362 g/mol. The molecule has 0 saturated carbocycles. The van der Waals surface area contributed by atoms with Crippen molar-refractivity contribution in [2.24, 2.45) is 7.05 Å². The van der Waals surface area contributed by atoms with Crippen molar-refractivity contribution in [2.45, 2.75) is 26.2 Å². The third kappa shape index (κ3) is 2.93. The first-order chi connectivity index (χ1) is 13.4. The average molecular weight is 384 g/mol. The number of alkyl halides is 2. The molecular formula is C22H22F2N2O2. The number of fused-ring (bicyclic) bond motifs is 2. The minimum Gasteiger partial charge on any atom is -0.497 e. The van der Waals surface area contributed by atoms with E-state index in [0.717, 1.165) is 40.7 Å². The number of methoxy groups -OCH3 is 1. The SMILES string of the molecule is COc1cc(N2CCCc3ccc(C(F)F)cc32)c2cc(C)c(=O)n(C)c2c1. The van der Waals surface area contributed by atoms with Gasteiger partial charge in [-0.3, -0.25) is 4.79 Å². The molecule has 0 fully saturated rings. The summed E-state index contributed by atoms with van der Waals surface area (Å²) in [5, 5.41) is 0.899. The number of aromatic nitrogens is 1. The van der Waals surface area contributed by atoms with E-state index in [9.17, 15) is 13.6 Å². The summed E-state index contributed by atoms with van der Waals surface area (Å²) in [7, 11) is 3.32. The lowest BCUT2D eigenvalue weighted by molar-refractivity contribution is 0.151. The number of rotatable bonds is 3. The Morgan fingerprint density at radius 3 is 2.61 bits per heavy atom. The first-order valence-electron chi connectivity index (χ1n) is 9.27. The highest BCUT2D eigenvalue weighted by Crippen LogP contribution is 2.40. The Morgan fingerprint density at radius 2 is 1.89 bits per heavy atom. The number of hydrogen-bond donors (Lipinski definition) is 0. The first kappa shape index (κ1) is 18.5. The van der Waals surface area contributed by atoms with Gasteiger partial charge in [0.1, 0.15) is 5.75 Å². The third-order valence-corrected chi connectivity index (χ3v) is 5.48. The maximum absolute atomic E-state index is 13.3. The van der Waals surface area contributed by atoms with Crippen molar-refractivity contribution in [1.82, 2.24) is 4.57 Å². The van der Waals surface area contributed by atoms with Gasteiger partial charge < -0.3 is 14.2 Å². The topological polar surface area (TPSA) is 34.5 Å². The van der Waals surface area contributed by atoms with Crippen molar-refractivity contribution in [2.75, 3.05) is 18.6 Å². The molecule has 0 amide bonds. The highest BCUT2D eigenvalue weighted by Gasteiger charge is 2.23. The van der Waals surface area contributed by atoms with Crippen molar-refractivity contribution >= 4 is 22.3 Å². The zero-order valence-electron chi connectivity index (χ0n) is 16.1. The zero-order chi connectivity index (χ0) is 20.0. The molecule has 0 N–H and O–H groups in total. The minimum atomic E-state index is -2.51. The second kappa shape index (κ2) is 6.93. The summed E-state index contributed by atoms with van der Waals surface area (Å²) in [6.07, 6.45) is -0.738. The van der Waals surface area contributed by atoms with Gasteiger partial charge in [0, 0.05) is 47.9 Å². The maximum atomic E-state index is 13.3. The lowest BCUT2D eigenvalue weighted by Crippen LogP contribution is -2.26. The van der Waals surface area contributed by atoms with Crippen LogP contribution in [0.2, 0.25) is 0 Å². The highest BCUT2D eigenvalue weighted by molar-refractivity contribution is 5.96. The van der Waals surface area contributed by atoms with Crippen LogP contribution in [0.15, 0.2) is 41.2 Å². The van der Waals surface area contributed by atoms with Crippen molar-refractivity contribution in [3.05, 3.63) is 63.4 Å². The fraction of sp³-hybridized carbons (Fsp3) is 0.318. The lowest BCUT2D eigenvalue weighted by Gasteiger charge is -2.33. The first-order valence-corrected chi connectivity index (χ1v) is 9.27. The van der Waals surface area contributed by atoms with Crippen molar-refractivity contribution in [3.63, 3.8) is 0 Å². The van der Waals surface area contributed by atoms with Gasteiger partial charge in [0.15, 0.2) is 0 Å². The Hall–Kier alpha value is -2.89. The number of ether oxygens (including phenoxy) is 1. The average Bonchev–Trinajstić information content (AvgIpc) is 2.70. The van der Waals surface area contributed by atoms with Gasteiger partial charge in [-0.15, -0.1) is 0 Å². The Kier molecular flexibility index (Phi) is 4.57. The third-order valence-electron chi connectivity index (χ3n) is 5.48. The van der Waals surface area contributed by atoms with E-state index in [1.165, 1.54) is 6.07 Å². The summed E-state index contributed by atoms with van der Waals surface area (Å²) in [5.74, 6) is 0.624. The number of aryl methyl sites for hydroxylation is 3. The summed E-state index contributed by atoms with van der Waals surface area (Å²) in [5.41, 5.74) is 4.05. The fourth-order valence-electron chi connectivity index (χ4n) is 3.99. The second-order valence-corrected chi connectivity index (χ2v) is 7.21. The maximum Gasteiger partial charge on any atom is 0.263 e. The molecule has 146 valence electrons. The highest BCUT2D eigenvalue weighted by atomic mass is 19.3. The Balaban J connectivity index is 2.00. The number of halogens is 2. The van der Waals surface area contributed by atoms with E-state index < -0.39 is 6.43 Å². The van der Waals surface area contributed by atoms with Crippen LogP contribution in [0.5, 0.6) is 5.75 Å². The number of anilines is 2. The Morgan fingerprint density at radius 1 is 1.11 bits per heavy atom. The molecule has 0 atom stereocenters. The molecule has 4 nitrogen and oxygen atoms in total. The number of pyridine rings is 1. The number of nitrogens with zero attached hydrogens (tertiary/aromatic N) is 2. The molecule has 1 aliphatic rings. The predicted molar refractivity (Wildman–Crippen MR) is 107 cm³/mol. The van der Waals surface area contributed by atoms with Crippen LogP contribution in [-0.2, 0) is 13.5 Å². The lowest BCUT2D eigenvalue weighted by atomic mass is 9.98. The molecule has 0 unspecified atom stereocenters. The van der Waals surface area contributed by atoms with E-state index in [0.29, 0.717) is 17.9 Å². The van der Waals surface area contributed by atoms with Gasteiger partial charge in [0.25, 0.3) is 12.0 Å². The van der Waals surface area contributed by atoms with Crippen molar-refractivity contribution in [1.29, 1.82) is 0 Å². The van der Waals surface area contributed by atoms with Gasteiger partial charge >= 0.3 is 0 Å². The molecule has 0 saturated heterocycles. The molecule has 0 radical (unpaired) electrons. The van der Waals surface area contributed by atoms with Crippen LogP contribution in [0.1, 0.15) is 29.5 Å². The molecule has 28 heavy (non-hydrogen) atoms. The molecule has 2 aromatic carbocycles. The normalized spacial score (nSPS) is 13.9. The van der Waals surface area contributed by atoms with Gasteiger partial charge in [-0.1, -0.05) is 12.1 Å². The van der Waals surface area contributed by atoms with Crippen LogP contribution in [0.3, 0.4) is 0 Å². The van der Waals surface area contributed by atoms with Crippen LogP contribution in [0.4, 0.5) is 20.2 Å². The summed E-state index contributed by atoms with van der Waals surface area (Å²) in [4.78, 5) is 14.5. The van der Waals surface area contributed by atoms with E-state index in [1.54, 1.807) is 37.8 Å². The monoisotopic (exact) mass is 384 g/mol. The quantitative estimate of drug-likeness (QED) is 0.646. The summed E-state index contributed by atoms with van der Waals surface area (Å²) < 4.78 is 33.7. The molecule has 0 aliphatic carbocycles. The van der Waals surface area contributed by atoms with E-state index in [1.807, 2.05) is 18.2 Å². The van der Waals surface area contributed by atoms with Crippen LogP contribution in [0.25, 0.3) is 10.9 Å². The van der Waals surface area contributed by atoms with Crippen LogP contribution < -0.4 is 15.2 Å². The molecule has 1 aliphatic heterocycles. The molecule has 2 heterocycles. The second-order valence-electron chi connectivity index (χ2n) is 7.21. The standard InChI is InChI=1S/C22H22F2N2O2/c1-13-9-17-19(25(2)22(13)27)11-16(28-3)12-20(17)26-8-4-5-14-6-7-15(21(23)24)10-18(14)26/h6-7,9-12,21H,4-5,8H2,1-3H3. The molecule has 0 bridgehead atoms. The molecule has 3 aromatic rings. The van der Waals surface area contributed by atoms with Gasteiger partial charge in [-0.25, -0.2) is 8.78 Å².